The minimum atomic E-state index is 0.0833. The third kappa shape index (κ3) is 2.56. The lowest BCUT2D eigenvalue weighted by molar-refractivity contribution is 1.17. The number of aromatic nitrogens is 2. The van der Waals surface area contributed by atoms with Gasteiger partial charge in [0.05, 0.1) is 11.0 Å². The fourth-order valence-electron chi connectivity index (χ4n) is 7.05. The molecule has 0 aliphatic carbocycles. The number of fused-ring (bicyclic) bond motifs is 8. The van der Waals surface area contributed by atoms with Crippen molar-refractivity contribution in [1.82, 2.24) is 9.05 Å². The van der Waals surface area contributed by atoms with Gasteiger partial charge in [0.15, 0.2) is 0 Å². The number of nitrogens with zero attached hydrogens (tertiary/aromatic N) is 2. The van der Waals surface area contributed by atoms with Crippen molar-refractivity contribution >= 4 is 61.4 Å². The molecule has 0 saturated heterocycles. The van der Waals surface area contributed by atoms with E-state index in [4.69, 9.17) is 0 Å². The van der Waals surface area contributed by atoms with Crippen molar-refractivity contribution in [3.05, 3.63) is 113 Å². The number of benzene rings is 5. The predicted octanol–water partition coefficient (Wildman–Crippen LogP) is 7.09. The molecule has 0 amide bonds. The lowest BCUT2D eigenvalue weighted by atomic mass is 9.47. The average molecular weight is 474 g/mol. The SMILES string of the molecule is Cc1ccc2c3ccc(C)c4c3n(c2c1)-c1ccccc1B4n1c2c(C)cccc2c2cccc(C)c21. The van der Waals surface area contributed by atoms with Crippen LogP contribution in [0.25, 0.3) is 49.3 Å². The molecule has 8 rings (SSSR count). The summed E-state index contributed by atoms with van der Waals surface area (Å²) in [7, 11) is 0. The summed E-state index contributed by atoms with van der Waals surface area (Å²) in [5, 5.41) is 5.33. The molecule has 5 aromatic carbocycles. The van der Waals surface area contributed by atoms with Crippen LogP contribution in [0.15, 0.2) is 91.0 Å². The molecule has 0 unspecified atom stereocenters. The van der Waals surface area contributed by atoms with Crippen LogP contribution in [-0.2, 0) is 0 Å². The maximum absolute atomic E-state index is 2.66. The van der Waals surface area contributed by atoms with Crippen molar-refractivity contribution in [3.8, 4) is 5.69 Å². The highest BCUT2D eigenvalue weighted by atomic mass is 15.0. The summed E-state index contributed by atoms with van der Waals surface area (Å²) in [6.45, 7) is 9.08. The fraction of sp³-hybridized carbons (Fsp3) is 0.118. The molecule has 37 heavy (non-hydrogen) atoms. The van der Waals surface area contributed by atoms with E-state index in [1.807, 2.05) is 0 Å². The minimum absolute atomic E-state index is 0.0833. The number of para-hydroxylation sites is 3. The maximum atomic E-state index is 2.66. The van der Waals surface area contributed by atoms with Gasteiger partial charge in [-0.25, -0.2) is 0 Å². The first-order chi connectivity index (χ1) is 18.0. The number of hydrogen-bond acceptors (Lipinski definition) is 0. The van der Waals surface area contributed by atoms with E-state index < -0.39 is 0 Å². The Labute approximate surface area is 216 Å². The van der Waals surface area contributed by atoms with Crippen LogP contribution in [0.3, 0.4) is 0 Å². The molecular weight excluding hydrogens is 447 g/mol. The summed E-state index contributed by atoms with van der Waals surface area (Å²) in [6, 6.07) is 34.1. The van der Waals surface area contributed by atoms with E-state index in [0.29, 0.717) is 0 Å². The molecule has 0 saturated carbocycles. The van der Waals surface area contributed by atoms with Crippen molar-refractivity contribution in [3.63, 3.8) is 0 Å². The largest absolute Gasteiger partial charge is 0.375 e. The van der Waals surface area contributed by atoms with Crippen molar-refractivity contribution in [2.45, 2.75) is 27.7 Å². The smallest absolute Gasteiger partial charge is 0.332 e. The first-order valence-electron chi connectivity index (χ1n) is 13.2. The molecule has 0 bridgehead atoms. The lowest BCUT2D eigenvalue weighted by Gasteiger charge is -2.30. The van der Waals surface area contributed by atoms with E-state index >= 15 is 0 Å². The van der Waals surface area contributed by atoms with Crippen LogP contribution in [0, 0.1) is 27.7 Å². The van der Waals surface area contributed by atoms with Crippen molar-refractivity contribution < 1.29 is 0 Å². The summed E-state index contributed by atoms with van der Waals surface area (Å²) in [5.41, 5.74) is 14.6. The van der Waals surface area contributed by atoms with Crippen LogP contribution in [0.1, 0.15) is 22.3 Å². The summed E-state index contributed by atoms with van der Waals surface area (Å²) >= 11 is 0. The van der Waals surface area contributed by atoms with Gasteiger partial charge < -0.3 is 9.05 Å². The molecule has 176 valence electrons. The highest BCUT2D eigenvalue weighted by Gasteiger charge is 2.37. The van der Waals surface area contributed by atoms with E-state index in [-0.39, 0.29) is 6.85 Å². The van der Waals surface area contributed by atoms with Crippen LogP contribution in [0.5, 0.6) is 0 Å². The highest BCUT2D eigenvalue weighted by molar-refractivity contribution is 6.88. The monoisotopic (exact) mass is 474 g/mol. The van der Waals surface area contributed by atoms with Gasteiger partial charge in [-0.1, -0.05) is 84.4 Å². The number of rotatable bonds is 1. The van der Waals surface area contributed by atoms with E-state index in [2.05, 4.69) is 128 Å². The summed E-state index contributed by atoms with van der Waals surface area (Å²) < 4.78 is 5.18. The minimum Gasteiger partial charge on any atom is -0.375 e. The summed E-state index contributed by atoms with van der Waals surface area (Å²) in [6.07, 6.45) is 0. The Balaban J connectivity index is 1.65. The van der Waals surface area contributed by atoms with Gasteiger partial charge in [-0.05, 0) is 67.4 Å². The maximum Gasteiger partial charge on any atom is 0.332 e. The third-order valence-corrected chi connectivity index (χ3v) is 8.59. The Morgan fingerprint density at radius 3 is 1.92 bits per heavy atom. The molecular formula is C34H27BN2. The molecule has 0 N–H and O–H groups in total. The molecule has 2 aromatic heterocycles. The van der Waals surface area contributed by atoms with Gasteiger partial charge in [0, 0.05) is 38.3 Å². The van der Waals surface area contributed by atoms with Gasteiger partial charge >= 0.3 is 6.85 Å². The zero-order valence-electron chi connectivity index (χ0n) is 21.6. The van der Waals surface area contributed by atoms with Gasteiger partial charge in [0.1, 0.15) is 0 Å². The third-order valence-electron chi connectivity index (χ3n) is 8.59. The number of hydrogen-bond donors (Lipinski definition) is 0. The second-order valence-electron chi connectivity index (χ2n) is 10.8. The van der Waals surface area contributed by atoms with E-state index in [1.165, 1.54) is 82.5 Å². The number of aryl methyl sites for hydroxylation is 4. The Hall–Kier alpha value is -4.24. The highest BCUT2D eigenvalue weighted by Crippen LogP contribution is 2.38. The van der Waals surface area contributed by atoms with Crippen LogP contribution < -0.4 is 10.9 Å². The predicted molar refractivity (Wildman–Crippen MR) is 160 cm³/mol. The molecule has 1 aliphatic rings. The lowest BCUT2D eigenvalue weighted by Crippen LogP contribution is -2.54. The Bertz CT molecular complexity index is 2030. The van der Waals surface area contributed by atoms with Gasteiger partial charge in [0.2, 0.25) is 0 Å². The molecule has 2 nitrogen and oxygen atoms in total. The Kier molecular flexibility index (Phi) is 4.05. The second-order valence-corrected chi connectivity index (χ2v) is 10.8. The van der Waals surface area contributed by atoms with Crippen LogP contribution in [0.4, 0.5) is 0 Å². The Morgan fingerprint density at radius 2 is 1.19 bits per heavy atom. The standard InChI is InChI=1S/C34H27BN2/c1-20-15-17-24-27-18-16-21(2)31-34(27)36(30(24)19-20)29-14-6-5-13-28(29)35(31)37-32-22(3)9-7-11-25(32)26-12-8-10-23(4)33(26)37/h5-19H,1-4H3. The van der Waals surface area contributed by atoms with Gasteiger partial charge in [-0.2, -0.15) is 0 Å². The Morgan fingerprint density at radius 1 is 0.541 bits per heavy atom. The topological polar surface area (TPSA) is 9.86 Å². The zero-order valence-corrected chi connectivity index (χ0v) is 21.6. The first kappa shape index (κ1) is 20.9. The van der Waals surface area contributed by atoms with E-state index in [0.717, 1.165) is 0 Å². The average Bonchev–Trinajstić information content (AvgIpc) is 3.41. The van der Waals surface area contributed by atoms with E-state index in [9.17, 15) is 0 Å². The molecule has 1 aliphatic heterocycles. The second kappa shape index (κ2) is 7.17. The van der Waals surface area contributed by atoms with Gasteiger partial charge in [0.25, 0.3) is 0 Å². The van der Waals surface area contributed by atoms with Gasteiger partial charge in [-0.3, -0.25) is 0 Å². The van der Waals surface area contributed by atoms with E-state index in [1.54, 1.807) is 0 Å². The fourth-order valence-corrected chi connectivity index (χ4v) is 7.05. The summed E-state index contributed by atoms with van der Waals surface area (Å²) in [4.78, 5) is 0. The van der Waals surface area contributed by atoms with Crippen LogP contribution >= 0.6 is 0 Å². The zero-order chi connectivity index (χ0) is 25.0. The van der Waals surface area contributed by atoms with Crippen molar-refractivity contribution in [2.75, 3.05) is 0 Å². The van der Waals surface area contributed by atoms with Crippen LogP contribution in [0.2, 0.25) is 0 Å². The summed E-state index contributed by atoms with van der Waals surface area (Å²) in [5.74, 6) is 0. The molecule has 0 atom stereocenters. The van der Waals surface area contributed by atoms with Gasteiger partial charge in [-0.15, -0.1) is 0 Å². The van der Waals surface area contributed by atoms with Crippen molar-refractivity contribution in [2.24, 2.45) is 0 Å². The molecule has 7 aromatic rings. The molecule has 0 fully saturated rings. The first-order valence-corrected chi connectivity index (χ1v) is 13.2. The quantitative estimate of drug-likeness (QED) is 0.225. The molecule has 3 heterocycles. The van der Waals surface area contributed by atoms with Crippen molar-refractivity contribution in [1.29, 1.82) is 0 Å². The molecule has 3 heteroatoms. The molecule has 0 radical (unpaired) electrons. The molecule has 0 spiro atoms. The van der Waals surface area contributed by atoms with Crippen LogP contribution in [-0.4, -0.2) is 15.9 Å². The normalized spacial score (nSPS) is 12.8.